The molecule has 20 heavy (non-hydrogen) atoms. The molecule has 0 bridgehead atoms. The average molecular weight is 280 g/mol. The summed E-state index contributed by atoms with van der Waals surface area (Å²) in [6, 6.07) is 4.21. The molecular formula is C16H28N2O2. The van der Waals surface area contributed by atoms with Gasteiger partial charge in [0, 0.05) is 38.4 Å². The molecule has 0 aliphatic heterocycles. The standard InChI is InChI=1S/C16H28N2O2/c1-4-7-15-11-14(13-17-8-5-2)12-16(18-15)20-10-6-9-19-3/h11-12,17H,4-10,13H2,1-3H3. The summed E-state index contributed by atoms with van der Waals surface area (Å²) in [6.45, 7) is 7.63. The number of hydrogen-bond acceptors (Lipinski definition) is 4. The highest BCUT2D eigenvalue weighted by molar-refractivity contribution is 5.25. The Kier molecular flexibility index (Phi) is 9.00. The molecule has 4 heteroatoms. The highest BCUT2D eigenvalue weighted by Crippen LogP contribution is 2.14. The average Bonchev–Trinajstić information content (AvgIpc) is 2.44. The summed E-state index contributed by atoms with van der Waals surface area (Å²) in [5.74, 6) is 0.736. The van der Waals surface area contributed by atoms with Crippen molar-refractivity contribution in [1.82, 2.24) is 10.3 Å². The summed E-state index contributed by atoms with van der Waals surface area (Å²) in [5.41, 5.74) is 2.36. The number of rotatable bonds is 11. The first kappa shape index (κ1) is 16.9. The Hall–Kier alpha value is -1.13. The lowest BCUT2D eigenvalue weighted by Crippen LogP contribution is -2.14. The third kappa shape index (κ3) is 6.87. The summed E-state index contributed by atoms with van der Waals surface area (Å²) < 4.78 is 10.7. The third-order valence-corrected chi connectivity index (χ3v) is 2.92. The monoisotopic (exact) mass is 280 g/mol. The molecule has 1 rings (SSSR count). The summed E-state index contributed by atoms with van der Waals surface area (Å²) in [7, 11) is 1.71. The van der Waals surface area contributed by atoms with E-state index in [1.807, 2.05) is 6.07 Å². The number of nitrogens with one attached hydrogen (secondary N) is 1. The van der Waals surface area contributed by atoms with Crippen LogP contribution in [-0.2, 0) is 17.7 Å². The Morgan fingerprint density at radius 2 is 2.00 bits per heavy atom. The van der Waals surface area contributed by atoms with Crippen LogP contribution in [0.15, 0.2) is 12.1 Å². The van der Waals surface area contributed by atoms with Crippen LogP contribution in [0.5, 0.6) is 5.88 Å². The molecule has 0 aliphatic carbocycles. The highest BCUT2D eigenvalue weighted by Gasteiger charge is 2.04. The summed E-state index contributed by atoms with van der Waals surface area (Å²) in [6.07, 6.45) is 4.13. The normalized spacial score (nSPS) is 10.8. The predicted octanol–water partition coefficient (Wildman–Crippen LogP) is 2.95. The van der Waals surface area contributed by atoms with Crippen LogP contribution < -0.4 is 10.1 Å². The minimum absolute atomic E-state index is 0.651. The molecule has 1 aromatic rings. The Morgan fingerprint density at radius 1 is 1.15 bits per heavy atom. The smallest absolute Gasteiger partial charge is 0.213 e. The number of ether oxygens (including phenoxy) is 2. The SMILES string of the molecule is CCCNCc1cc(CCC)nc(OCCCOC)c1. The van der Waals surface area contributed by atoms with E-state index in [1.54, 1.807) is 7.11 Å². The van der Waals surface area contributed by atoms with Crippen LogP contribution in [0.4, 0.5) is 0 Å². The maximum Gasteiger partial charge on any atom is 0.213 e. The van der Waals surface area contributed by atoms with Gasteiger partial charge in [-0.15, -0.1) is 0 Å². The first-order chi connectivity index (χ1) is 9.80. The first-order valence-corrected chi connectivity index (χ1v) is 7.62. The van der Waals surface area contributed by atoms with Crippen molar-refractivity contribution in [3.05, 3.63) is 23.4 Å². The number of hydrogen-bond donors (Lipinski definition) is 1. The molecule has 114 valence electrons. The largest absolute Gasteiger partial charge is 0.478 e. The Morgan fingerprint density at radius 3 is 2.70 bits per heavy atom. The van der Waals surface area contributed by atoms with Gasteiger partial charge in [0.1, 0.15) is 0 Å². The summed E-state index contributed by atoms with van der Waals surface area (Å²) >= 11 is 0. The molecule has 0 atom stereocenters. The van der Waals surface area contributed by atoms with Crippen LogP contribution in [0.2, 0.25) is 0 Å². The lowest BCUT2D eigenvalue weighted by Gasteiger charge is -2.10. The van der Waals surface area contributed by atoms with E-state index >= 15 is 0 Å². The minimum Gasteiger partial charge on any atom is -0.478 e. The maximum absolute atomic E-state index is 5.72. The second-order valence-electron chi connectivity index (χ2n) is 4.93. The lowest BCUT2D eigenvalue weighted by molar-refractivity contribution is 0.170. The second-order valence-corrected chi connectivity index (χ2v) is 4.93. The van der Waals surface area contributed by atoms with Crippen LogP contribution in [0.1, 0.15) is 44.4 Å². The predicted molar refractivity (Wildman–Crippen MR) is 82.2 cm³/mol. The van der Waals surface area contributed by atoms with Gasteiger partial charge in [-0.1, -0.05) is 20.3 Å². The number of nitrogens with zero attached hydrogens (tertiary/aromatic N) is 1. The molecule has 0 aromatic carbocycles. The van der Waals surface area contributed by atoms with Crippen LogP contribution in [0, 0.1) is 0 Å². The molecule has 0 saturated carbocycles. The van der Waals surface area contributed by atoms with Crippen LogP contribution in [-0.4, -0.2) is 31.9 Å². The minimum atomic E-state index is 0.651. The Balaban J connectivity index is 2.60. The molecule has 4 nitrogen and oxygen atoms in total. The van der Waals surface area contributed by atoms with Crippen molar-refractivity contribution in [1.29, 1.82) is 0 Å². The van der Waals surface area contributed by atoms with Gasteiger partial charge in [-0.05, 0) is 31.0 Å². The van der Waals surface area contributed by atoms with Crippen molar-refractivity contribution in [2.24, 2.45) is 0 Å². The van der Waals surface area contributed by atoms with Gasteiger partial charge in [-0.25, -0.2) is 4.98 Å². The van der Waals surface area contributed by atoms with Crippen molar-refractivity contribution >= 4 is 0 Å². The van der Waals surface area contributed by atoms with Gasteiger partial charge in [0.25, 0.3) is 0 Å². The van der Waals surface area contributed by atoms with Crippen molar-refractivity contribution in [3.63, 3.8) is 0 Å². The molecule has 1 heterocycles. The molecule has 1 N–H and O–H groups in total. The fraction of sp³-hybridized carbons (Fsp3) is 0.688. The molecule has 0 aliphatic rings. The van der Waals surface area contributed by atoms with E-state index in [4.69, 9.17) is 9.47 Å². The summed E-state index contributed by atoms with van der Waals surface area (Å²) in [4.78, 5) is 4.56. The van der Waals surface area contributed by atoms with Gasteiger partial charge in [-0.3, -0.25) is 0 Å². The number of methoxy groups -OCH3 is 1. The molecule has 0 unspecified atom stereocenters. The van der Waals surface area contributed by atoms with Gasteiger partial charge >= 0.3 is 0 Å². The quantitative estimate of drug-likeness (QED) is 0.633. The number of pyridine rings is 1. The fourth-order valence-corrected chi connectivity index (χ4v) is 1.97. The number of aryl methyl sites for hydroxylation is 1. The molecule has 0 amide bonds. The van der Waals surface area contributed by atoms with E-state index in [0.717, 1.165) is 57.0 Å². The molecule has 0 spiro atoms. The van der Waals surface area contributed by atoms with Gasteiger partial charge in [0.05, 0.1) is 6.61 Å². The zero-order valence-electron chi connectivity index (χ0n) is 13.1. The topological polar surface area (TPSA) is 43.4 Å². The molecule has 0 saturated heterocycles. The summed E-state index contributed by atoms with van der Waals surface area (Å²) in [5, 5.41) is 3.42. The van der Waals surface area contributed by atoms with E-state index in [0.29, 0.717) is 6.61 Å². The molecule has 1 aromatic heterocycles. The van der Waals surface area contributed by atoms with E-state index in [9.17, 15) is 0 Å². The van der Waals surface area contributed by atoms with Crippen LogP contribution in [0.25, 0.3) is 0 Å². The van der Waals surface area contributed by atoms with E-state index in [1.165, 1.54) is 5.56 Å². The van der Waals surface area contributed by atoms with Gasteiger partial charge in [-0.2, -0.15) is 0 Å². The van der Waals surface area contributed by atoms with Gasteiger partial charge in [0.2, 0.25) is 5.88 Å². The molecule has 0 radical (unpaired) electrons. The maximum atomic E-state index is 5.72. The van der Waals surface area contributed by atoms with Crippen LogP contribution >= 0.6 is 0 Å². The third-order valence-electron chi connectivity index (χ3n) is 2.92. The van der Waals surface area contributed by atoms with Crippen molar-refractivity contribution < 1.29 is 9.47 Å². The highest BCUT2D eigenvalue weighted by atomic mass is 16.5. The van der Waals surface area contributed by atoms with Crippen molar-refractivity contribution in [3.8, 4) is 5.88 Å². The van der Waals surface area contributed by atoms with Crippen molar-refractivity contribution in [2.75, 3.05) is 26.9 Å². The van der Waals surface area contributed by atoms with Crippen molar-refractivity contribution in [2.45, 2.75) is 46.1 Å². The van der Waals surface area contributed by atoms with Gasteiger partial charge < -0.3 is 14.8 Å². The molecular weight excluding hydrogens is 252 g/mol. The Labute approximate surface area is 122 Å². The van der Waals surface area contributed by atoms with E-state index in [2.05, 4.69) is 30.2 Å². The zero-order chi connectivity index (χ0) is 14.6. The Bertz CT molecular complexity index is 369. The molecule has 0 fully saturated rings. The van der Waals surface area contributed by atoms with E-state index in [-0.39, 0.29) is 0 Å². The van der Waals surface area contributed by atoms with E-state index < -0.39 is 0 Å². The second kappa shape index (κ2) is 10.6. The van der Waals surface area contributed by atoms with Crippen LogP contribution in [0.3, 0.4) is 0 Å². The first-order valence-electron chi connectivity index (χ1n) is 7.62. The number of aromatic nitrogens is 1. The zero-order valence-corrected chi connectivity index (χ0v) is 13.1. The van der Waals surface area contributed by atoms with Gasteiger partial charge in [0.15, 0.2) is 0 Å². The lowest BCUT2D eigenvalue weighted by atomic mass is 10.1. The fourth-order valence-electron chi connectivity index (χ4n) is 1.97.